The Bertz CT molecular complexity index is 915. The van der Waals surface area contributed by atoms with Crippen LogP contribution in [-0.4, -0.2) is 61.6 Å². The Morgan fingerprint density at radius 3 is 3.04 bits per heavy atom. The van der Waals surface area contributed by atoms with Crippen LogP contribution in [0.1, 0.15) is 17.8 Å². The van der Waals surface area contributed by atoms with Gasteiger partial charge in [0, 0.05) is 44.7 Å². The first kappa shape index (κ1) is 19.4. The van der Waals surface area contributed by atoms with Crippen molar-refractivity contribution >= 4 is 15.7 Å². The molecule has 1 fully saturated rings. The molecule has 1 unspecified atom stereocenters. The van der Waals surface area contributed by atoms with Crippen molar-refractivity contribution in [3.63, 3.8) is 0 Å². The van der Waals surface area contributed by atoms with Crippen molar-refractivity contribution in [3.8, 4) is 0 Å². The van der Waals surface area contributed by atoms with Gasteiger partial charge in [0.25, 0.3) is 5.69 Å². The van der Waals surface area contributed by atoms with E-state index in [1.54, 1.807) is 0 Å². The van der Waals surface area contributed by atoms with Gasteiger partial charge in [-0.05, 0) is 13.1 Å². The van der Waals surface area contributed by atoms with E-state index in [1.165, 1.54) is 18.2 Å². The van der Waals surface area contributed by atoms with Gasteiger partial charge in [0.2, 0.25) is 15.9 Å². The standard InChI is InChI=1S/C15H20N6O5S/c1-20-8-7-16-10-13(20)15-18-14(26-19-15)5-6-17-27(24,25)12-4-2-3-11(9-12)21(22)23/h2-4,9,13,16-17H,5-8,10H2,1H3. The lowest BCUT2D eigenvalue weighted by molar-refractivity contribution is -0.385. The molecule has 2 N–H and O–H groups in total. The first-order valence-corrected chi connectivity index (χ1v) is 9.83. The number of hydrogen-bond donors (Lipinski definition) is 2. The Labute approximate surface area is 155 Å². The second kappa shape index (κ2) is 8.08. The number of non-ortho nitro benzene ring substituents is 1. The summed E-state index contributed by atoms with van der Waals surface area (Å²) in [4.78, 5) is 16.4. The molecule has 1 aromatic carbocycles. The maximum Gasteiger partial charge on any atom is 0.270 e. The van der Waals surface area contributed by atoms with Gasteiger partial charge in [-0.15, -0.1) is 0 Å². The summed E-state index contributed by atoms with van der Waals surface area (Å²) in [6.45, 7) is 2.52. The molecule has 1 aliphatic rings. The molecule has 1 aliphatic heterocycles. The van der Waals surface area contributed by atoms with Crippen LogP contribution in [0.3, 0.4) is 0 Å². The van der Waals surface area contributed by atoms with Crippen LogP contribution in [0.5, 0.6) is 0 Å². The van der Waals surface area contributed by atoms with Crippen molar-refractivity contribution in [1.29, 1.82) is 0 Å². The zero-order valence-electron chi connectivity index (χ0n) is 14.7. The van der Waals surface area contributed by atoms with Gasteiger partial charge in [0.05, 0.1) is 15.9 Å². The fraction of sp³-hybridized carbons (Fsp3) is 0.467. The molecule has 0 radical (unpaired) electrons. The van der Waals surface area contributed by atoms with Crippen LogP contribution >= 0.6 is 0 Å². The molecule has 0 spiro atoms. The quantitative estimate of drug-likeness (QED) is 0.491. The van der Waals surface area contributed by atoms with Crippen LogP contribution in [0.25, 0.3) is 0 Å². The SMILES string of the molecule is CN1CCNCC1c1noc(CCNS(=O)(=O)c2cccc([N+](=O)[O-])c2)n1. The highest BCUT2D eigenvalue weighted by Crippen LogP contribution is 2.18. The molecular formula is C15H20N6O5S. The fourth-order valence-electron chi connectivity index (χ4n) is 2.74. The highest BCUT2D eigenvalue weighted by Gasteiger charge is 2.25. The highest BCUT2D eigenvalue weighted by atomic mass is 32.2. The number of benzene rings is 1. The van der Waals surface area contributed by atoms with Gasteiger partial charge in [-0.3, -0.25) is 15.0 Å². The van der Waals surface area contributed by atoms with Gasteiger partial charge in [-0.25, -0.2) is 13.1 Å². The van der Waals surface area contributed by atoms with E-state index in [-0.39, 0.29) is 29.6 Å². The number of piperazine rings is 1. The number of aromatic nitrogens is 2. The molecule has 0 aliphatic carbocycles. The minimum atomic E-state index is -3.87. The van der Waals surface area contributed by atoms with Crippen molar-refractivity contribution in [2.45, 2.75) is 17.4 Å². The summed E-state index contributed by atoms with van der Waals surface area (Å²) in [7, 11) is -1.89. The molecule has 1 aromatic heterocycles. The summed E-state index contributed by atoms with van der Waals surface area (Å²) in [5, 5.41) is 18.0. The van der Waals surface area contributed by atoms with Crippen LogP contribution < -0.4 is 10.0 Å². The fourth-order valence-corrected chi connectivity index (χ4v) is 3.81. The number of nitrogens with one attached hydrogen (secondary N) is 2. The van der Waals surface area contributed by atoms with Gasteiger partial charge < -0.3 is 9.84 Å². The average Bonchev–Trinajstić information content (AvgIpc) is 3.10. The van der Waals surface area contributed by atoms with Crippen molar-refractivity contribution < 1.29 is 17.9 Å². The van der Waals surface area contributed by atoms with Crippen LogP contribution in [0.4, 0.5) is 5.69 Å². The number of hydrogen-bond acceptors (Lipinski definition) is 9. The van der Waals surface area contributed by atoms with Crippen LogP contribution in [0.2, 0.25) is 0 Å². The molecule has 27 heavy (non-hydrogen) atoms. The summed E-state index contributed by atoms with van der Waals surface area (Å²) < 4.78 is 32.1. The number of nitro benzene ring substituents is 1. The summed E-state index contributed by atoms with van der Waals surface area (Å²) in [5.41, 5.74) is -0.287. The summed E-state index contributed by atoms with van der Waals surface area (Å²) in [5.74, 6) is 0.881. The topological polar surface area (TPSA) is 144 Å². The third kappa shape index (κ3) is 4.66. The first-order chi connectivity index (χ1) is 12.9. The number of rotatable bonds is 7. The maximum atomic E-state index is 12.3. The third-order valence-corrected chi connectivity index (χ3v) is 5.72. The molecule has 3 rings (SSSR count). The summed E-state index contributed by atoms with van der Waals surface area (Å²) in [6, 6.07) is 4.88. The van der Waals surface area contributed by atoms with E-state index >= 15 is 0 Å². The zero-order chi connectivity index (χ0) is 19.4. The normalized spacial score (nSPS) is 18.5. The van der Waals surface area contributed by atoms with Crippen molar-refractivity contribution in [1.82, 2.24) is 25.1 Å². The van der Waals surface area contributed by atoms with E-state index in [0.717, 1.165) is 25.7 Å². The summed E-state index contributed by atoms with van der Waals surface area (Å²) in [6.07, 6.45) is 0.213. The van der Waals surface area contributed by atoms with E-state index < -0.39 is 14.9 Å². The summed E-state index contributed by atoms with van der Waals surface area (Å²) >= 11 is 0. The Balaban J connectivity index is 1.59. The molecule has 11 nitrogen and oxygen atoms in total. The molecule has 0 saturated carbocycles. The molecule has 2 heterocycles. The monoisotopic (exact) mass is 396 g/mol. The number of nitrogens with zero attached hydrogens (tertiary/aromatic N) is 4. The number of sulfonamides is 1. The van der Waals surface area contributed by atoms with Crippen LogP contribution in [0.15, 0.2) is 33.7 Å². The molecule has 0 amide bonds. The Morgan fingerprint density at radius 1 is 1.48 bits per heavy atom. The lowest BCUT2D eigenvalue weighted by atomic mass is 10.2. The maximum absolute atomic E-state index is 12.3. The largest absolute Gasteiger partial charge is 0.339 e. The number of nitro groups is 1. The van der Waals surface area contributed by atoms with Gasteiger partial charge in [-0.1, -0.05) is 11.2 Å². The van der Waals surface area contributed by atoms with Crippen molar-refractivity contribution in [3.05, 3.63) is 46.1 Å². The van der Waals surface area contributed by atoms with E-state index in [1.807, 2.05) is 7.05 Å². The Hall–Kier alpha value is -2.41. The van der Waals surface area contributed by atoms with E-state index in [4.69, 9.17) is 4.52 Å². The highest BCUT2D eigenvalue weighted by molar-refractivity contribution is 7.89. The minimum absolute atomic E-state index is 0.0119. The third-order valence-electron chi connectivity index (χ3n) is 4.26. The number of likely N-dealkylation sites (N-methyl/N-ethyl adjacent to an activating group) is 1. The lowest BCUT2D eigenvalue weighted by Gasteiger charge is -2.30. The Morgan fingerprint density at radius 2 is 2.30 bits per heavy atom. The molecular weight excluding hydrogens is 376 g/mol. The molecule has 1 atom stereocenters. The molecule has 2 aromatic rings. The zero-order valence-corrected chi connectivity index (χ0v) is 15.5. The smallest absolute Gasteiger partial charge is 0.270 e. The van der Waals surface area contributed by atoms with Gasteiger partial charge in [0.15, 0.2) is 5.82 Å². The first-order valence-electron chi connectivity index (χ1n) is 8.34. The van der Waals surface area contributed by atoms with Gasteiger partial charge >= 0.3 is 0 Å². The Kier molecular flexibility index (Phi) is 5.79. The van der Waals surface area contributed by atoms with Gasteiger partial charge in [0.1, 0.15) is 0 Å². The van der Waals surface area contributed by atoms with E-state index in [0.29, 0.717) is 11.7 Å². The predicted octanol–water partition coefficient (Wildman–Crippen LogP) is 0.0749. The average molecular weight is 396 g/mol. The minimum Gasteiger partial charge on any atom is -0.339 e. The van der Waals surface area contributed by atoms with E-state index in [9.17, 15) is 18.5 Å². The lowest BCUT2D eigenvalue weighted by Crippen LogP contribution is -2.44. The predicted molar refractivity (Wildman–Crippen MR) is 94.5 cm³/mol. The van der Waals surface area contributed by atoms with Crippen molar-refractivity contribution in [2.24, 2.45) is 0 Å². The molecule has 12 heteroatoms. The van der Waals surface area contributed by atoms with Crippen LogP contribution in [-0.2, 0) is 16.4 Å². The second-order valence-electron chi connectivity index (χ2n) is 6.15. The van der Waals surface area contributed by atoms with Crippen LogP contribution in [0, 0.1) is 10.1 Å². The van der Waals surface area contributed by atoms with Gasteiger partial charge in [-0.2, -0.15) is 4.98 Å². The second-order valence-corrected chi connectivity index (χ2v) is 7.92. The molecule has 0 bridgehead atoms. The molecule has 146 valence electrons. The molecule has 1 saturated heterocycles. The van der Waals surface area contributed by atoms with E-state index in [2.05, 4.69) is 25.1 Å². The van der Waals surface area contributed by atoms with Crippen molar-refractivity contribution in [2.75, 3.05) is 33.2 Å².